The lowest BCUT2D eigenvalue weighted by atomic mass is 9.96. The number of aliphatic hydroxyl groups excluding tert-OH is 1. The van der Waals surface area contributed by atoms with Crippen LogP contribution in [0.1, 0.15) is 13.2 Å². The van der Waals surface area contributed by atoms with Gasteiger partial charge in [-0.2, -0.15) is 18.6 Å². The Hall–Kier alpha value is -1.56. The third-order valence-electron chi connectivity index (χ3n) is 4.29. The molecule has 0 aromatic carbocycles. The van der Waals surface area contributed by atoms with E-state index in [0.717, 1.165) is 17.8 Å². The van der Waals surface area contributed by atoms with Gasteiger partial charge in [-0.15, -0.1) is 0 Å². The van der Waals surface area contributed by atoms with Crippen LogP contribution in [0.15, 0.2) is 6.33 Å². The molecular formula is C11H19N6O13P3. The quantitative estimate of drug-likeness (QED) is 0.175. The van der Waals surface area contributed by atoms with Gasteiger partial charge in [0.25, 0.3) is 0 Å². The molecule has 1 aliphatic rings. The molecule has 22 heteroatoms. The fraction of sp³-hybridized carbons (Fsp3) is 0.545. The molecule has 0 radical (unpaired) electrons. The number of ether oxygens (including phenoxy) is 1. The van der Waals surface area contributed by atoms with Crippen molar-refractivity contribution in [2.24, 2.45) is 0 Å². The Kier molecular flexibility index (Phi) is 6.78. The predicted octanol–water partition coefficient (Wildman–Crippen LogP) is -1.66. The van der Waals surface area contributed by atoms with Gasteiger partial charge >= 0.3 is 23.5 Å². The standard InChI is InChI=1S/C11H19N6O13P3/c1-11(19)6(18)4(2-27-32(23,24)30-33(25,26)29-31(20,21)22)28-9(11)17-3-14-5-7(12)15-10(13)16-8(5)17/h3-4,6,9,18-19H,2H2,1H3,(H,23,24)(H,25,26)(H2,20,21,22)(H4,12,13,15,16)/t4-,6-,9-,11-/m1/s1. The van der Waals surface area contributed by atoms with Crippen molar-refractivity contribution in [1.82, 2.24) is 19.5 Å². The van der Waals surface area contributed by atoms with E-state index in [2.05, 4.69) is 28.1 Å². The van der Waals surface area contributed by atoms with Crippen LogP contribution in [0.5, 0.6) is 0 Å². The van der Waals surface area contributed by atoms with Crippen molar-refractivity contribution >= 4 is 46.4 Å². The SMILES string of the molecule is C[C@@]1(O)[C@H](O)[C@@H](COP(=O)(O)OP(=O)(O)OP(=O)(O)O)O[C@H]1n1cnc2c(N)nc(N)nc21. The van der Waals surface area contributed by atoms with Crippen molar-refractivity contribution in [2.75, 3.05) is 18.1 Å². The van der Waals surface area contributed by atoms with Crippen LogP contribution < -0.4 is 11.5 Å². The summed E-state index contributed by atoms with van der Waals surface area (Å²) in [5.74, 6) is -0.289. The van der Waals surface area contributed by atoms with Crippen LogP contribution in [0.3, 0.4) is 0 Å². The minimum Gasteiger partial charge on any atom is -0.387 e. The molecule has 3 heterocycles. The second-order valence-electron chi connectivity index (χ2n) is 6.88. The minimum absolute atomic E-state index is 0.0333. The second kappa shape index (κ2) is 8.58. The summed E-state index contributed by atoms with van der Waals surface area (Å²) in [6.45, 7) is 0.163. The fourth-order valence-corrected chi connectivity index (χ4v) is 6.01. The Morgan fingerprint density at radius 1 is 1.15 bits per heavy atom. The van der Waals surface area contributed by atoms with Gasteiger partial charge in [-0.1, -0.05) is 0 Å². The van der Waals surface area contributed by atoms with Crippen molar-refractivity contribution in [3.63, 3.8) is 0 Å². The Labute approximate surface area is 183 Å². The van der Waals surface area contributed by atoms with Gasteiger partial charge in [0, 0.05) is 0 Å². The maximum Gasteiger partial charge on any atom is 0.490 e. The van der Waals surface area contributed by atoms with Crippen molar-refractivity contribution in [3.8, 4) is 0 Å². The smallest absolute Gasteiger partial charge is 0.387 e. The number of imidazole rings is 1. The monoisotopic (exact) mass is 536 g/mol. The number of hydrogen-bond donors (Lipinski definition) is 8. The van der Waals surface area contributed by atoms with Gasteiger partial charge in [0.1, 0.15) is 23.3 Å². The molecular weight excluding hydrogens is 517 g/mol. The molecule has 6 atom stereocenters. The van der Waals surface area contributed by atoms with Crippen LogP contribution in [-0.2, 0) is 31.6 Å². The Balaban J connectivity index is 1.77. The minimum atomic E-state index is -5.73. The zero-order valence-corrected chi connectivity index (χ0v) is 19.0. The lowest BCUT2D eigenvalue weighted by molar-refractivity contribution is -0.0949. The zero-order chi connectivity index (χ0) is 25.0. The molecule has 10 N–H and O–H groups in total. The molecule has 33 heavy (non-hydrogen) atoms. The molecule has 2 unspecified atom stereocenters. The number of phosphoric ester groups is 1. The largest absolute Gasteiger partial charge is 0.490 e. The first-order chi connectivity index (χ1) is 14.9. The first-order valence-electron chi connectivity index (χ1n) is 8.51. The molecule has 1 saturated heterocycles. The molecule has 1 aliphatic heterocycles. The van der Waals surface area contributed by atoms with Crippen LogP contribution >= 0.6 is 23.5 Å². The summed E-state index contributed by atoms with van der Waals surface area (Å²) in [5, 5.41) is 21.2. The van der Waals surface area contributed by atoms with Crippen LogP contribution in [-0.4, -0.2) is 73.7 Å². The molecule has 19 nitrogen and oxygen atoms in total. The lowest BCUT2D eigenvalue weighted by Crippen LogP contribution is -2.44. The zero-order valence-electron chi connectivity index (χ0n) is 16.3. The number of anilines is 2. The highest BCUT2D eigenvalue weighted by Crippen LogP contribution is 2.66. The molecule has 0 spiro atoms. The van der Waals surface area contributed by atoms with Gasteiger partial charge in [-0.05, 0) is 6.92 Å². The van der Waals surface area contributed by atoms with Crippen molar-refractivity contribution in [3.05, 3.63) is 6.33 Å². The van der Waals surface area contributed by atoms with Crippen molar-refractivity contribution in [1.29, 1.82) is 0 Å². The molecule has 3 rings (SSSR count). The molecule has 2 aromatic heterocycles. The average molecular weight is 536 g/mol. The summed E-state index contributed by atoms with van der Waals surface area (Å²) in [7, 11) is -16.8. The molecule has 1 fully saturated rings. The van der Waals surface area contributed by atoms with Crippen LogP contribution in [0.2, 0.25) is 0 Å². The van der Waals surface area contributed by atoms with E-state index in [4.69, 9.17) is 30.9 Å². The number of rotatable bonds is 8. The number of nitrogens with zero attached hydrogens (tertiary/aromatic N) is 4. The summed E-state index contributed by atoms with van der Waals surface area (Å²) in [5.41, 5.74) is 9.36. The number of nitrogens with two attached hydrogens (primary N) is 2. The van der Waals surface area contributed by atoms with E-state index in [9.17, 15) is 28.8 Å². The number of phosphoric acid groups is 3. The van der Waals surface area contributed by atoms with E-state index in [1.165, 1.54) is 0 Å². The van der Waals surface area contributed by atoms with Gasteiger partial charge in [0.15, 0.2) is 17.7 Å². The number of hydrogen-bond acceptors (Lipinski definition) is 14. The number of aromatic nitrogens is 4. The van der Waals surface area contributed by atoms with E-state index in [0.29, 0.717) is 0 Å². The first-order valence-corrected chi connectivity index (χ1v) is 13.0. The van der Waals surface area contributed by atoms with Crippen LogP contribution in [0, 0.1) is 0 Å². The predicted molar refractivity (Wildman–Crippen MR) is 105 cm³/mol. The average Bonchev–Trinajstić information content (AvgIpc) is 3.10. The summed E-state index contributed by atoms with van der Waals surface area (Å²) >= 11 is 0. The Bertz CT molecular complexity index is 1200. The van der Waals surface area contributed by atoms with Crippen molar-refractivity contribution < 1.29 is 61.4 Å². The third kappa shape index (κ3) is 5.75. The maximum absolute atomic E-state index is 11.9. The number of fused-ring (bicyclic) bond motifs is 1. The Morgan fingerprint density at radius 3 is 2.39 bits per heavy atom. The highest BCUT2D eigenvalue weighted by atomic mass is 31.3. The molecule has 0 amide bonds. The van der Waals surface area contributed by atoms with E-state index in [1.54, 1.807) is 0 Å². The van der Waals surface area contributed by atoms with E-state index < -0.39 is 54.1 Å². The van der Waals surface area contributed by atoms with Gasteiger partial charge in [0.05, 0.1) is 12.9 Å². The maximum atomic E-state index is 11.9. The van der Waals surface area contributed by atoms with Gasteiger partial charge in [-0.25, -0.2) is 18.7 Å². The topological polar surface area (TPSA) is 305 Å². The fourth-order valence-electron chi connectivity index (χ4n) is 2.98. The molecule has 0 aliphatic carbocycles. The molecule has 2 aromatic rings. The molecule has 0 saturated carbocycles. The highest BCUT2D eigenvalue weighted by molar-refractivity contribution is 7.66. The molecule has 186 valence electrons. The first kappa shape index (κ1) is 26.1. The number of nitrogen functional groups attached to an aromatic ring is 2. The van der Waals surface area contributed by atoms with Gasteiger partial charge in [0.2, 0.25) is 5.95 Å². The highest BCUT2D eigenvalue weighted by Gasteiger charge is 2.54. The van der Waals surface area contributed by atoms with Crippen LogP contribution in [0.25, 0.3) is 11.2 Å². The Morgan fingerprint density at radius 2 is 1.79 bits per heavy atom. The summed E-state index contributed by atoms with van der Waals surface area (Å²) in [6.07, 6.45) is -3.53. The second-order valence-corrected chi connectivity index (χ2v) is 11.3. The van der Waals surface area contributed by atoms with Gasteiger partial charge < -0.3 is 46.0 Å². The summed E-state index contributed by atoms with van der Waals surface area (Å²) in [4.78, 5) is 47.5. The number of aliphatic hydroxyl groups is 2. The van der Waals surface area contributed by atoms with E-state index >= 15 is 0 Å². The summed E-state index contributed by atoms with van der Waals surface area (Å²) < 4.78 is 52.2. The van der Waals surface area contributed by atoms with Crippen LogP contribution in [0.4, 0.5) is 11.8 Å². The normalized spacial score (nSPS) is 29.7. The van der Waals surface area contributed by atoms with E-state index in [1.807, 2.05) is 0 Å². The third-order valence-corrected chi connectivity index (χ3v) is 8.09. The summed E-state index contributed by atoms with van der Waals surface area (Å²) in [6, 6.07) is 0. The lowest BCUT2D eigenvalue weighted by Gasteiger charge is -2.27. The molecule has 0 bridgehead atoms. The van der Waals surface area contributed by atoms with Crippen molar-refractivity contribution in [2.45, 2.75) is 31.0 Å². The van der Waals surface area contributed by atoms with Gasteiger partial charge in [-0.3, -0.25) is 9.09 Å². The van der Waals surface area contributed by atoms with E-state index in [-0.39, 0.29) is 22.9 Å².